The molecule has 12 heteroatoms. The second-order valence-corrected chi connectivity index (χ2v) is 4.33. The zero-order valence-corrected chi connectivity index (χ0v) is 18.3. The van der Waals surface area contributed by atoms with Gasteiger partial charge >= 0.3 is 79.3 Å². The third-order valence-corrected chi connectivity index (χ3v) is 2.82. The molecule has 0 N–H and O–H groups in total. The van der Waals surface area contributed by atoms with Crippen molar-refractivity contribution in [3.05, 3.63) is 99.4 Å². The fraction of sp³-hybridized carbons (Fsp3) is 0. The van der Waals surface area contributed by atoms with E-state index < -0.39 is 0 Å². The van der Waals surface area contributed by atoms with E-state index in [0.717, 1.165) is 0 Å². The van der Waals surface area contributed by atoms with Crippen LogP contribution in [-0.2, 0) is 52.7 Å². The number of rotatable bonds is 0. The quantitative estimate of drug-likeness (QED) is 0.261. The summed E-state index contributed by atoms with van der Waals surface area (Å²) in [5, 5.41) is 0. The zero-order valence-electron chi connectivity index (χ0n) is 16.1. The molecule has 8 nitrogen and oxygen atoms in total. The molecule has 0 saturated heterocycles. The number of hydrogen-bond acceptors (Lipinski definition) is 4. The van der Waals surface area contributed by atoms with E-state index in [9.17, 15) is 0 Å². The SMILES string of the molecule is [B-]1Oc2cc3c(cc2O1)O[B-]O3.[C-]#[O+].[C-]#[O+].[C-]#[O+].[C-]#[O+].[Fe+2].[Fe+2].c1cc[cH-]c1.c1cc[cH-]c1. The van der Waals surface area contributed by atoms with Crippen LogP contribution in [0.4, 0.5) is 0 Å². The minimum absolute atomic E-state index is 0. The summed E-state index contributed by atoms with van der Waals surface area (Å²) >= 11 is 0. The van der Waals surface area contributed by atoms with E-state index in [0.29, 0.717) is 23.0 Å². The molecular formula is C20H12B2Fe2O8. The van der Waals surface area contributed by atoms with Crippen LogP contribution in [0, 0.1) is 26.6 Å². The van der Waals surface area contributed by atoms with Gasteiger partial charge in [-0.3, -0.25) is 0 Å². The predicted octanol–water partition coefficient (Wildman–Crippen LogP) is 2.95. The standard InChI is InChI=1S/C6H2B2O4.2C5H5.4CO.2Fe/c1-3-5(11-7-9-3)2-6-4(1)10-8-12-6;2*1-2-4-5-3-1;4*1-2;;/h1-2H;2*1-5H;;;;;;/q-2;2*-1;;;;;2*+2. The van der Waals surface area contributed by atoms with Crippen molar-refractivity contribution >= 4 is 15.4 Å². The molecule has 2 aliphatic rings. The Labute approximate surface area is 208 Å². The van der Waals surface area contributed by atoms with E-state index in [1.54, 1.807) is 12.1 Å². The van der Waals surface area contributed by atoms with Crippen LogP contribution in [0.15, 0.2) is 72.8 Å². The second kappa shape index (κ2) is 28.2. The summed E-state index contributed by atoms with van der Waals surface area (Å²) < 4.78 is 50.1. The van der Waals surface area contributed by atoms with Crippen molar-refractivity contribution in [2.75, 3.05) is 0 Å². The summed E-state index contributed by atoms with van der Waals surface area (Å²) in [5.74, 6) is 2.58. The van der Waals surface area contributed by atoms with Crippen LogP contribution in [0.2, 0.25) is 0 Å². The van der Waals surface area contributed by atoms with E-state index in [4.69, 9.17) is 37.2 Å². The molecule has 3 aromatic rings. The number of hydrogen-bond donors (Lipinski definition) is 0. The molecule has 2 heterocycles. The molecule has 0 spiro atoms. The van der Waals surface area contributed by atoms with Crippen molar-refractivity contribution in [1.29, 1.82) is 0 Å². The molecular weight excluding hydrogens is 502 g/mol. The smallest absolute Gasteiger partial charge is 0.214 e. The Morgan fingerprint density at radius 1 is 0.500 bits per heavy atom. The number of fused-ring (bicyclic) bond motifs is 2. The zero-order chi connectivity index (χ0) is 23.0. The molecule has 3 aromatic carbocycles. The Morgan fingerprint density at radius 3 is 0.875 bits per heavy atom. The fourth-order valence-electron chi connectivity index (χ4n) is 1.79. The van der Waals surface area contributed by atoms with Gasteiger partial charge < -0.3 is 18.6 Å². The van der Waals surface area contributed by atoms with Crippen molar-refractivity contribution in [2.24, 2.45) is 0 Å². The Morgan fingerprint density at radius 2 is 0.719 bits per heavy atom. The van der Waals surface area contributed by atoms with Crippen LogP contribution in [0.1, 0.15) is 0 Å². The molecule has 2 aliphatic heterocycles. The van der Waals surface area contributed by atoms with Gasteiger partial charge in [-0.15, -0.1) is 0 Å². The van der Waals surface area contributed by atoms with Crippen LogP contribution in [0.3, 0.4) is 0 Å². The average molecular weight is 514 g/mol. The molecule has 0 amide bonds. The van der Waals surface area contributed by atoms with E-state index in [2.05, 4.69) is 26.6 Å². The first-order valence-corrected chi connectivity index (χ1v) is 7.56. The first kappa shape index (κ1) is 36.6. The fourth-order valence-corrected chi connectivity index (χ4v) is 1.79. The molecule has 4 radical (unpaired) electrons. The first-order chi connectivity index (χ1) is 14.9. The van der Waals surface area contributed by atoms with Gasteiger partial charge in [0.2, 0.25) is 0 Å². The first-order valence-electron chi connectivity index (χ1n) is 7.56. The Hall–Kier alpha value is -2.75. The molecule has 162 valence electrons. The summed E-state index contributed by atoms with van der Waals surface area (Å²) in [6.45, 7) is 18.0. The maximum absolute atomic E-state index is 7.50. The topological polar surface area (TPSA) is 117 Å². The third-order valence-electron chi connectivity index (χ3n) is 2.82. The van der Waals surface area contributed by atoms with Crippen LogP contribution in [0.5, 0.6) is 23.0 Å². The summed E-state index contributed by atoms with van der Waals surface area (Å²) in [5.41, 5.74) is 0. The van der Waals surface area contributed by atoms with Crippen LogP contribution in [0.25, 0.3) is 0 Å². The molecule has 0 fully saturated rings. The van der Waals surface area contributed by atoms with Crippen LogP contribution >= 0.6 is 0 Å². The van der Waals surface area contributed by atoms with Gasteiger partial charge in [0.05, 0.1) is 0 Å². The summed E-state index contributed by atoms with van der Waals surface area (Å²) in [4.78, 5) is 0. The summed E-state index contributed by atoms with van der Waals surface area (Å²) in [6, 6.07) is 23.4. The number of benzene rings is 1. The normalized spacial score (nSPS) is 9.00. The molecule has 5 rings (SSSR count). The van der Waals surface area contributed by atoms with Crippen molar-refractivity contribution in [2.45, 2.75) is 0 Å². The molecule has 0 bridgehead atoms. The maximum Gasteiger partial charge on any atom is 2.00 e. The minimum Gasteiger partial charge on any atom is -0.214 e. The van der Waals surface area contributed by atoms with Crippen molar-refractivity contribution < 1.29 is 71.4 Å². The Balaban J connectivity index is -0.000000169. The molecule has 0 aliphatic carbocycles. The average Bonchev–Trinajstić information content (AvgIpc) is 3.67. The second-order valence-electron chi connectivity index (χ2n) is 4.33. The van der Waals surface area contributed by atoms with Gasteiger partial charge in [0, 0.05) is 12.1 Å². The maximum atomic E-state index is 7.50. The van der Waals surface area contributed by atoms with Gasteiger partial charge in [0.1, 0.15) is 38.4 Å². The van der Waals surface area contributed by atoms with E-state index in [1.165, 1.54) is 15.4 Å². The molecule has 0 aromatic heterocycles. The van der Waals surface area contributed by atoms with Crippen molar-refractivity contribution in [1.82, 2.24) is 0 Å². The van der Waals surface area contributed by atoms with Crippen LogP contribution < -0.4 is 18.6 Å². The van der Waals surface area contributed by atoms with Crippen LogP contribution in [-0.4, -0.2) is 15.4 Å². The molecule has 0 saturated carbocycles. The largest absolute Gasteiger partial charge is 2.00 e. The van der Waals surface area contributed by atoms with E-state index in [-0.39, 0.29) is 34.1 Å². The third kappa shape index (κ3) is 15.1. The summed E-state index contributed by atoms with van der Waals surface area (Å²) in [7, 11) is 2.53. The molecule has 0 atom stereocenters. The minimum atomic E-state index is 0. The van der Waals surface area contributed by atoms with Gasteiger partial charge in [-0.25, -0.2) is 24.3 Å². The van der Waals surface area contributed by atoms with Gasteiger partial charge in [0.25, 0.3) is 0 Å². The Bertz CT molecular complexity index is 703. The monoisotopic (exact) mass is 514 g/mol. The molecule has 0 unspecified atom stereocenters. The van der Waals surface area contributed by atoms with Gasteiger partial charge in [0.15, 0.2) is 0 Å². The predicted molar refractivity (Wildman–Crippen MR) is 100 cm³/mol. The van der Waals surface area contributed by atoms with Crippen molar-refractivity contribution in [3.63, 3.8) is 0 Å². The van der Waals surface area contributed by atoms with E-state index >= 15 is 0 Å². The molecule has 32 heavy (non-hydrogen) atoms. The van der Waals surface area contributed by atoms with Gasteiger partial charge in [-0.05, 0) is 0 Å². The van der Waals surface area contributed by atoms with Gasteiger partial charge in [-0.2, -0.15) is 36.4 Å². The van der Waals surface area contributed by atoms with Crippen molar-refractivity contribution in [3.8, 4) is 23.0 Å². The Kier molecular flexibility index (Phi) is 32.3. The van der Waals surface area contributed by atoms with E-state index in [1.807, 2.05) is 60.7 Å². The summed E-state index contributed by atoms with van der Waals surface area (Å²) in [6.07, 6.45) is 0. The van der Waals surface area contributed by atoms with Gasteiger partial charge in [-0.1, -0.05) is 0 Å².